The minimum atomic E-state index is -4.11. The van der Waals surface area contributed by atoms with E-state index in [1.165, 1.54) is 30.3 Å². The summed E-state index contributed by atoms with van der Waals surface area (Å²) in [6.45, 7) is 0. The molecule has 0 aliphatic rings. The van der Waals surface area contributed by atoms with Crippen LogP contribution in [-0.4, -0.2) is 13.3 Å². The standard InChI is InChI=1S/C12H8BrFN2O4S/c13-8-4-5-12(11(14)6-8)15-21(19,20)10-3-1-2-9(7-10)16(17)18/h1-7,15H. The van der Waals surface area contributed by atoms with Gasteiger partial charge in [-0.05, 0) is 24.3 Å². The third-order valence-corrected chi connectivity index (χ3v) is 4.37. The monoisotopic (exact) mass is 374 g/mol. The van der Waals surface area contributed by atoms with Gasteiger partial charge in [-0.25, -0.2) is 12.8 Å². The number of nitro groups is 1. The number of anilines is 1. The first-order valence-corrected chi connectivity index (χ1v) is 7.79. The van der Waals surface area contributed by atoms with Gasteiger partial charge in [0, 0.05) is 16.6 Å². The van der Waals surface area contributed by atoms with E-state index in [1.807, 2.05) is 4.72 Å². The molecule has 0 aromatic heterocycles. The van der Waals surface area contributed by atoms with Crippen LogP contribution in [0.25, 0.3) is 0 Å². The fourth-order valence-corrected chi connectivity index (χ4v) is 2.98. The number of non-ortho nitro benzene ring substituents is 1. The van der Waals surface area contributed by atoms with Crippen LogP contribution in [0, 0.1) is 15.9 Å². The van der Waals surface area contributed by atoms with Gasteiger partial charge in [-0.2, -0.15) is 0 Å². The van der Waals surface area contributed by atoms with Gasteiger partial charge in [0.2, 0.25) is 0 Å². The Hall–Kier alpha value is -2.00. The summed E-state index contributed by atoms with van der Waals surface area (Å²) < 4.78 is 40.3. The number of nitrogens with zero attached hydrogens (tertiary/aromatic N) is 1. The number of sulfonamides is 1. The van der Waals surface area contributed by atoms with Gasteiger partial charge in [0.05, 0.1) is 15.5 Å². The van der Waals surface area contributed by atoms with Crippen molar-refractivity contribution in [3.05, 3.63) is 62.9 Å². The molecule has 0 saturated carbocycles. The first kappa shape index (κ1) is 15.4. The molecule has 9 heteroatoms. The van der Waals surface area contributed by atoms with Gasteiger partial charge in [-0.15, -0.1) is 0 Å². The van der Waals surface area contributed by atoms with Crippen LogP contribution in [0.5, 0.6) is 0 Å². The molecule has 0 amide bonds. The van der Waals surface area contributed by atoms with Crippen molar-refractivity contribution >= 4 is 37.3 Å². The Kier molecular flexibility index (Phi) is 4.24. The van der Waals surface area contributed by atoms with Gasteiger partial charge in [-0.3, -0.25) is 14.8 Å². The minimum Gasteiger partial charge on any atom is -0.277 e. The molecule has 2 rings (SSSR count). The average molecular weight is 375 g/mol. The zero-order valence-corrected chi connectivity index (χ0v) is 12.7. The lowest BCUT2D eigenvalue weighted by molar-refractivity contribution is -0.385. The van der Waals surface area contributed by atoms with Crippen molar-refractivity contribution in [2.45, 2.75) is 4.90 Å². The summed E-state index contributed by atoms with van der Waals surface area (Å²) in [4.78, 5) is 9.63. The second-order valence-corrected chi connectivity index (χ2v) is 6.58. The van der Waals surface area contributed by atoms with Crippen molar-refractivity contribution in [2.24, 2.45) is 0 Å². The van der Waals surface area contributed by atoms with E-state index in [0.29, 0.717) is 4.47 Å². The Morgan fingerprint density at radius 1 is 1.19 bits per heavy atom. The highest BCUT2D eigenvalue weighted by atomic mass is 79.9. The van der Waals surface area contributed by atoms with E-state index in [9.17, 15) is 22.9 Å². The molecule has 0 spiro atoms. The molecule has 2 aromatic carbocycles. The highest BCUT2D eigenvalue weighted by Crippen LogP contribution is 2.24. The Balaban J connectivity index is 2.38. The van der Waals surface area contributed by atoms with Crippen LogP contribution < -0.4 is 4.72 Å². The van der Waals surface area contributed by atoms with E-state index in [1.54, 1.807) is 0 Å². The molecule has 0 unspecified atom stereocenters. The largest absolute Gasteiger partial charge is 0.277 e. The molecular weight excluding hydrogens is 367 g/mol. The van der Waals surface area contributed by atoms with E-state index in [2.05, 4.69) is 15.9 Å². The van der Waals surface area contributed by atoms with Gasteiger partial charge in [-0.1, -0.05) is 22.0 Å². The maximum Gasteiger partial charge on any atom is 0.270 e. The molecule has 0 aliphatic carbocycles. The number of halogens is 2. The molecule has 0 aliphatic heterocycles. The van der Waals surface area contributed by atoms with Crippen LogP contribution in [0.15, 0.2) is 51.8 Å². The lowest BCUT2D eigenvalue weighted by Gasteiger charge is -2.09. The third-order valence-electron chi connectivity index (χ3n) is 2.51. The predicted molar refractivity (Wildman–Crippen MR) is 78.0 cm³/mol. The molecular formula is C12H8BrFN2O4S. The first-order chi connectivity index (χ1) is 9.79. The maximum absolute atomic E-state index is 13.6. The number of nitro benzene ring substituents is 1. The Morgan fingerprint density at radius 2 is 1.90 bits per heavy atom. The second-order valence-electron chi connectivity index (χ2n) is 3.98. The van der Waals surface area contributed by atoms with Crippen LogP contribution in [-0.2, 0) is 10.0 Å². The molecule has 0 heterocycles. The highest BCUT2D eigenvalue weighted by molar-refractivity contribution is 9.10. The summed E-state index contributed by atoms with van der Waals surface area (Å²) in [7, 11) is -4.11. The van der Waals surface area contributed by atoms with Crippen molar-refractivity contribution in [2.75, 3.05) is 4.72 Å². The summed E-state index contributed by atoms with van der Waals surface area (Å²) in [6, 6.07) is 8.31. The van der Waals surface area contributed by atoms with E-state index in [4.69, 9.17) is 0 Å². The van der Waals surface area contributed by atoms with Gasteiger partial charge in [0.15, 0.2) is 0 Å². The van der Waals surface area contributed by atoms with Crippen molar-refractivity contribution in [1.29, 1.82) is 0 Å². The first-order valence-electron chi connectivity index (χ1n) is 5.52. The Morgan fingerprint density at radius 3 is 2.52 bits per heavy atom. The van der Waals surface area contributed by atoms with Crippen molar-refractivity contribution in [3.63, 3.8) is 0 Å². The predicted octanol–water partition coefficient (Wildman–Crippen LogP) is 3.30. The molecule has 0 bridgehead atoms. The lowest BCUT2D eigenvalue weighted by atomic mass is 10.3. The van der Waals surface area contributed by atoms with E-state index < -0.39 is 20.8 Å². The SMILES string of the molecule is O=[N+]([O-])c1cccc(S(=O)(=O)Nc2ccc(Br)cc2F)c1. The summed E-state index contributed by atoms with van der Waals surface area (Å²) in [5.74, 6) is -0.765. The van der Waals surface area contributed by atoms with Crippen molar-refractivity contribution in [3.8, 4) is 0 Å². The topological polar surface area (TPSA) is 89.3 Å². The summed E-state index contributed by atoms with van der Waals surface area (Å²) in [5.41, 5.74) is -0.612. The molecule has 0 radical (unpaired) electrons. The van der Waals surface area contributed by atoms with E-state index in [-0.39, 0.29) is 16.3 Å². The van der Waals surface area contributed by atoms with Crippen LogP contribution in [0.4, 0.5) is 15.8 Å². The van der Waals surface area contributed by atoms with Crippen LogP contribution in [0.2, 0.25) is 0 Å². The minimum absolute atomic E-state index is 0.246. The zero-order valence-electron chi connectivity index (χ0n) is 10.3. The number of rotatable bonds is 4. The van der Waals surface area contributed by atoms with E-state index in [0.717, 1.165) is 12.1 Å². The van der Waals surface area contributed by atoms with Gasteiger partial charge < -0.3 is 0 Å². The van der Waals surface area contributed by atoms with Crippen LogP contribution in [0.3, 0.4) is 0 Å². The van der Waals surface area contributed by atoms with Gasteiger partial charge in [0.25, 0.3) is 15.7 Å². The molecule has 110 valence electrons. The fraction of sp³-hybridized carbons (Fsp3) is 0. The molecule has 1 N–H and O–H groups in total. The highest BCUT2D eigenvalue weighted by Gasteiger charge is 2.19. The smallest absolute Gasteiger partial charge is 0.270 e. The number of hydrogen-bond donors (Lipinski definition) is 1. The normalized spacial score (nSPS) is 11.1. The van der Waals surface area contributed by atoms with Gasteiger partial charge in [0.1, 0.15) is 5.82 Å². The molecule has 0 fully saturated rings. The number of nitrogens with one attached hydrogen (secondary N) is 1. The van der Waals surface area contributed by atoms with Crippen LogP contribution in [0.1, 0.15) is 0 Å². The summed E-state index contributed by atoms with van der Waals surface area (Å²) in [6.07, 6.45) is 0. The summed E-state index contributed by atoms with van der Waals surface area (Å²) in [5, 5.41) is 10.7. The molecule has 2 aromatic rings. The lowest BCUT2D eigenvalue weighted by Crippen LogP contribution is -2.14. The van der Waals surface area contributed by atoms with E-state index >= 15 is 0 Å². The Labute approximate surface area is 127 Å². The average Bonchev–Trinajstić information content (AvgIpc) is 2.42. The quantitative estimate of drug-likeness (QED) is 0.656. The number of benzene rings is 2. The summed E-state index contributed by atoms with van der Waals surface area (Å²) >= 11 is 3.05. The number of hydrogen-bond acceptors (Lipinski definition) is 4. The van der Waals surface area contributed by atoms with Crippen molar-refractivity contribution < 1.29 is 17.7 Å². The molecule has 0 atom stereocenters. The Bertz CT molecular complexity index is 811. The fourth-order valence-electron chi connectivity index (χ4n) is 1.54. The molecule has 21 heavy (non-hydrogen) atoms. The van der Waals surface area contributed by atoms with Gasteiger partial charge >= 0.3 is 0 Å². The van der Waals surface area contributed by atoms with Crippen LogP contribution >= 0.6 is 15.9 Å². The maximum atomic E-state index is 13.6. The third kappa shape index (κ3) is 3.56. The second kappa shape index (κ2) is 5.78. The van der Waals surface area contributed by atoms with Crippen molar-refractivity contribution in [1.82, 2.24) is 0 Å². The molecule has 6 nitrogen and oxygen atoms in total. The molecule has 0 saturated heterocycles. The zero-order chi connectivity index (χ0) is 15.6.